The van der Waals surface area contributed by atoms with Crippen LogP contribution < -0.4 is 20.7 Å². The number of carbonyl (C=O) groups excluding carboxylic acids is 3. The first-order valence-electron chi connectivity index (χ1n) is 17.6. The molecule has 0 spiro atoms. The van der Waals surface area contributed by atoms with Crippen molar-refractivity contribution >= 4 is 29.5 Å². The highest BCUT2D eigenvalue weighted by molar-refractivity contribution is 6.30. The molecule has 8 nitrogen and oxygen atoms in total. The van der Waals surface area contributed by atoms with Crippen molar-refractivity contribution in [1.29, 1.82) is 0 Å². The average molecular weight is 772 g/mol. The van der Waals surface area contributed by atoms with Crippen molar-refractivity contribution in [1.82, 2.24) is 16.0 Å². The van der Waals surface area contributed by atoms with Gasteiger partial charge < -0.3 is 20.1 Å². The van der Waals surface area contributed by atoms with Gasteiger partial charge in [0.1, 0.15) is 17.1 Å². The third-order valence-corrected chi connectivity index (χ3v) is 8.63. The number of halogens is 4. The van der Waals surface area contributed by atoms with Crippen LogP contribution in [0.2, 0.25) is 5.02 Å². The number of ether oxygens (including phenoxy) is 2. The largest absolute Gasteiger partial charge is 0.457 e. The van der Waals surface area contributed by atoms with E-state index in [1.54, 1.807) is 76.2 Å². The zero-order valence-electron chi connectivity index (χ0n) is 30.7. The first kappa shape index (κ1) is 40.5. The molecule has 0 radical (unpaired) electrons. The maximum absolute atomic E-state index is 14.0. The summed E-state index contributed by atoms with van der Waals surface area (Å²) in [7, 11) is 0. The second-order valence-electron chi connectivity index (χ2n) is 13.7. The van der Waals surface area contributed by atoms with E-state index < -0.39 is 41.3 Å². The van der Waals surface area contributed by atoms with Gasteiger partial charge in [-0.2, -0.15) is 13.2 Å². The van der Waals surface area contributed by atoms with Crippen LogP contribution in [0.15, 0.2) is 115 Å². The van der Waals surface area contributed by atoms with Crippen LogP contribution in [0.4, 0.5) is 18.0 Å². The molecule has 55 heavy (non-hydrogen) atoms. The number of amides is 3. The van der Waals surface area contributed by atoms with Gasteiger partial charge in [0.05, 0.1) is 11.6 Å². The van der Waals surface area contributed by atoms with Gasteiger partial charge in [-0.1, -0.05) is 85.3 Å². The molecule has 0 saturated heterocycles. The predicted octanol–water partition coefficient (Wildman–Crippen LogP) is 10.3. The number of nitrogens with one attached hydrogen (secondary N) is 3. The van der Waals surface area contributed by atoms with E-state index in [4.69, 9.17) is 21.1 Å². The molecule has 0 heterocycles. The monoisotopic (exact) mass is 771 g/mol. The zero-order chi connectivity index (χ0) is 39.8. The Bertz CT molecular complexity index is 2150. The van der Waals surface area contributed by atoms with Crippen LogP contribution in [0.1, 0.15) is 61.2 Å². The molecule has 3 amide bonds. The summed E-state index contributed by atoms with van der Waals surface area (Å²) < 4.78 is 52.5. The topological polar surface area (TPSA) is 106 Å². The smallest absolute Gasteiger partial charge is 0.416 e. The summed E-state index contributed by atoms with van der Waals surface area (Å²) in [6, 6.07) is 30.9. The maximum Gasteiger partial charge on any atom is 0.416 e. The van der Waals surface area contributed by atoms with Crippen LogP contribution in [-0.2, 0) is 28.8 Å². The van der Waals surface area contributed by atoms with E-state index in [1.165, 1.54) is 18.2 Å². The number of imide groups is 1. The van der Waals surface area contributed by atoms with Crippen molar-refractivity contribution in [2.24, 2.45) is 0 Å². The molecule has 0 aliphatic heterocycles. The number of alkyl halides is 3. The lowest BCUT2D eigenvalue weighted by Crippen LogP contribution is -2.46. The molecule has 5 rings (SSSR count). The van der Waals surface area contributed by atoms with E-state index in [9.17, 15) is 27.6 Å². The Balaban J connectivity index is 1.44. The van der Waals surface area contributed by atoms with E-state index in [0.29, 0.717) is 27.6 Å². The Morgan fingerprint density at radius 2 is 1.49 bits per heavy atom. The van der Waals surface area contributed by atoms with Crippen LogP contribution >= 0.6 is 11.6 Å². The van der Waals surface area contributed by atoms with Gasteiger partial charge in [0.25, 0.3) is 5.91 Å². The standard InChI is InChI=1S/C43H41ClF3N3O5/c1-5-37(48-26-30-15-9-10-17-36(30)43(45,46)47)40(52)50-39(51)34-20-18-29(28-13-7-6-8-14-28)23-35(34)33-21-19-31(44)24-38(33)54-32-16-11-12-27(22-32)25-49-41(53)55-42(2,3)4/h6-24,37,48H,5,25-26H2,1-4H3,(H,49,53)(H,50,51,52). The summed E-state index contributed by atoms with van der Waals surface area (Å²) in [6.45, 7) is 6.95. The predicted molar refractivity (Wildman–Crippen MR) is 207 cm³/mol. The van der Waals surface area contributed by atoms with Gasteiger partial charge in [-0.05, 0) is 97.5 Å². The van der Waals surface area contributed by atoms with Gasteiger partial charge in [0.2, 0.25) is 5.91 Å². The molecule has 0 aliphatic rings. The Morgan fingerprint density at radius 3 is 2.20 bits per heavy atom. The van der Waals surface area contributed by atoms with Crippen LogP contribution in [-0.4, -0.2) is 29.6 Å². The quantitative estimate of drug-likeness (QED) is 0.117. The highest BCUT2D eigenvalue weighted by Gasteiger charge is 2.33. The van der Waals surface area contributed by atoms with E-state index in [-0.39, 0.29) is 30.6 Å². The molecule has 5 aromatic carbocycles. The van der Waals surface area contributed by atoms with Gasteiger partial charge >= 0.3 is 12.3 Å². The second-order valence-corrected chi connectivity index (χ2v) is 14.1. The molecule has 0 saturated carbocycles. The Labute approximate surface area is 323 Å². The lowest BCUT2D eigenvalue weighted by atomic mass is 9.93. The Kier molecular flexibility index (Phi) is 13.0. The number of rotatable bonds is 12. The first-order chi connectivity index (χ1) is 26.1. The highest BCUT2D eigenvalue weighted by atomic mass is 35.5. The zero-order valence-corrected chi connectivity index (χ0v) is 31.5. The van der Waals surface area contributed by atoms with Gasteiger partial charge in [-0.25, -0.2) is 4.79 Å². The molecule has 0 aliphatic carbocycles. The summed E-state index contributed by atoms with van der Waals surface area (Å²) in [6.07, 6.45) is -4.92. The van der Waals surface area contributed by atoms with Crippen LogP contribution in [0, 0.1) is 0 Å². The molecule has 5 aromatic rings. The summed E-state index contributed by atoms with van der Waals surface area (Å²) >= 11 is 6.46. The molecule has 1 atom stereocenters. The lowest BCUT2D eigenvalue weighted by Gasteiger charge is -2.20. The number of alkyl carbamates (subject to hydrolysis) is 1. The fourth-order valence-corrected chi connectivity index (χ4v) is 5.95. The molecular formula is C43H41ClF3N3O5. The number of hydrogen-bond donors (Lipinski definition) is 3. The first-order valence-corrected chi connectivity index (χ1v) is 18.0. The highest BCUT2D eigenvalue weighted by Crippen LogP contribution is 2.39. The van der Waals surface area contributed by atoms with Crippen LogP contribution in [0.3, 0.4) is 0 Å². The molecular weight excluding hydrogens is 731 g/mol. The fraction of sp³-hybridized carbons (Fsp3) is 0.233. The van der Waals surface area contributed by atoms with Crippen molar-refractivity contribution in [3.63, 3.8) is 0 Å². The van der Waals surface area contributed by atoms with Crippen molar-refractivity contribution in [2.45, 2.75) is 65.0 Å². The van der Waals surface area contributed by atoms with Gasteiger partial charge in [0, 0.05) is 35.3 Å². The second kappa shape index (κ2) is 17.7. The van der Waals surface area contributed by atoms with E-state index in [0.717, 1.165) is 22.8 Å². The summed E-state index contributed by atoms with van der Waals surface area (Å²) in [4.78, 5) is 39.7. The Hall–Kier alpha value is -5.65. The summed E-state index contributed by atoms with van der Waals surface area (Å²) in [5.74, 6) is -0.672. The van der Waals surface area contributed by atoms with Crippen molar-refractivity contribution in [3.8, 4) is 33.8 Å². The summed E-state index contributed by atoms with van der Waals surface area (Å²) in [5.41, 5.74) is 1.99. The molecule has 3 N–H and O–H groups in total. The minimum Gasteiger partial charge on any atom is -0.457 e. The normalized spacial score (nSPS) is 12.1. The van der Waals surface area contributed by atoms with Crippen LogP contribution in [0.5, 0.6) is 11.5 Å². The fourth-order valence-electron chi connectivity index (χ4n) is 5.79. The maximum atomic E-state index is 14.0. The number of hydrogen-bond acceptors (Lipinski definition) is 6. The average Bonchev–Trinajstić information content (AvgIpc) is 3.14. The van der Waals surface area contributed by atoms with Gasteiger partial charge in [-0.15, -0.1) is 0 Å². The minimum absolute atomic E-state index is 0.0218. The third kappa shape index (κ3) is 11.2. The number of benzene rings is 5. The van der Waals surface area contributed by atoms with Crippen molar-refractivity contribution in [2.75, 3.05) is 0 Å². The molecule has 0 fully saturated rings. The van der Waals surface area contributed by atoms with E-state index in [1.807, 2.05) is 42.5 Å². The molecule has 286 valence electrons. The molecule has 0 aromatic heterocycles. The van der Waals surface area contributed by atoms with E-state index in [2.05, 4.69) is 16.0 Å². The molecule has 0 bridgehead atoms. The Morgan fingerprint density at radius 1 is 0.764 bits per heavy atom. The van der Waals surface area contributed by atoms with Gasteiger partial charge in [-0.3, -0.25) is 14.9 Å². The summed E-state index contributed by atoms with van der Waals surface area (Å²) in [5, 5.41) is 8.42. The van der Waals surface area contributed by atoms with Crippen LogP contribution in [0.25, 0.3) is 22.3 Å². The van der Waals surface area contributed by atoms with Crippen molar-refractivity contribution in [3.05, 3.63) is 143 Å². The van der Waals surface area contributed by atoms with E-state index >= 15 is 0 Å². The van der Waals surface area contributed by atoms with Crippen molar-refractivity contribution < 1.29 is 37.0 Å². The molecule has 12 heteroatoms. The third-order valence-electron chi connectivity index (χ3n) is 8.39. The SMILES string of the molecule is CCC(NCc1ccccc1C(F)(F)F)C(=O)NC(=O)c1ccc(-c2ccccc2)cc1-c1ccc(Cl)cc1Oc1cccc(CNC(=O)OC(C)(C)C)c1. The minimum atomic E-state index is -4.56. The van der Waals surface area contributed by atoms with Gasteiger partial charge in [0.15, 0.2) is 0 Å². The lowest BCUT2D eigenvalue weighted by molar-refractivity contribution is -0.138. The number of carbonyl (C=O) groups is 3. The molecule has 1 unspecified atom stereocenters.